The highest BCUT2D eigenvalue weighted by molar-refractivity contribution is 6.11. The first kappa shape index (κ1) is 22.6. The number of nitrogens with zero attached hydrogens (tertiary/aromatic N) is 4. The number of aromatic nitrogens is 4. The molecule has 180 valence electrons. The largest absolute Gasteiger partial charge is 0.464 e. The molecule has 0 radical (unpaired) electrons. The average molecular weight is 473 g/mol. The van der Waals surface area contributed by atoms with Crippen LogP contribution >= 0.6 is 0 Å². The van der Waals surface area contributed by atoms with E-state index in [1.54, 1.807) is 10.9 Å². The Morgan fingerprint density at radius 3 is 2.63 bits per heavy atom. The molecule has 0 bridgehead atoms. The summed E-state index contributed by atoms with van der Waals surface area (Å²) in [6, 6.07) is 11.7. The van der Waals surface area contributed by atoms with Gasteiger partial charge in [0.25, 0.3) is 0 Å². The number of hydrogen-bond donors (Lipinski definition) is 2. The molecule has 0 saturated heterocycles. The van der Waals surface area contributed by atoms with E-state index in [0.29, 0.717) is 29.8 Å². The number of fused-ring (bicyclic) bond motifs is 1. The number of aryl methyl sites for hydroxylation is 2. The molecular weight excluding hydrogens is 444 g/mol. The molecule has 3 heterocycles. The molecule has 1 amide bonds. The van der Waals surface area contributed by atoms with Crippen molar-refractivity contribution in [1.82, 2.24) is 19.3 Å². The summed E-state index contributed by atoms with van der Waals surface area (Å²) in [4.78, 5) is 30.4. The number of nitrogens with one attached hydrogen (secondary N) is 2. The van der Waals surface area contributed by atoms with Crippen LogP contribution in [0.2, 0.25) is 0 Å². The van der Waals surface area contributed by atoms with Crippen LogP contribution in [0.1, 0.15) is 40.2 Å². The van der Waals surface area contributed by atoms with Gasteiger partial charge in [-0.15, -0.1) is 0 Å². The van der Waals surface area contributed by atoms with E-state index in [1.165, 1.54) is 7.11 Å². The molecule has 1 aliphatic carbocycles. The maximum atomic E-state index is 13.0. The number of hydrogen-bond acceptors (Lipinski definition) is 6. The second kappa shape index (κ2) is 9.25. The number of anilines is 2. The van der Waals surface area contributed by atoms with Crippen molar-refractivity contribution in [2.75, 3.05) is 17.7 Å². The fourth-order valence-electron chi connectivity index (χ4n) is 4.27. The third-order valence-electron chi connectivity index (χ3n) is 6.26. The molecule has 9 nitrogen and oxygen atoms in total. The van der Waals surface area contributed by atoms with Gasteiger partial charge < -0.3 is 19.9 Å². The molecule has 2 N–H and O–H groups in total. The highest BCUT2D eigenvalue weighted by atomic mass is 16.5. The summed E-state index contributed by atoms with van der Waals surface area (Å²) in [7, 11) is 3.23. The Kier molecular flexibility index (Phi) is 5.98. The monoisotopic (exact) mass is 472 g/mol. The van der Waals surface area contributed by atoms with Gasteiger partial charge >= 0.3 is 5.97 Å². The first-order chi connectivity index (χ1) is 16.9. The van der Waals surface area contributed by atoms with E-state index >= 15 is 0 Å². The van der Waals surface area contributed by atoms with Crippen LogP contribution in [0.3, 0.4) is 0 Å². The summed E-state index contributed by atoms with van der Waals surface area (Å²) in [6.07, 6.45) is 5.43. The van der Waals surface area contributed by atoms with Crippen molar-refractivity contribution in [3.63, 3.8) is 0 Å². The Morgan fingerprint density at radius 1 is 1.20 bits per heavy atom. The second-order valence-corrected chi connectivity index (χ2v) is 8.91. The third kappa shape index (κ3) is 4.62. The normalized spacial score (nSPS) is 13.1. The van der Waals surface area contributed by atoms with Gasteiger partial charge in [0, 0.05) is 43.2 Å². The van der Waals surface area contributed by atoms with Gasteiger partial charge in [0.05, 0.1) is 30.4 Å². The molecule has 5 rings (SSSR count). The van der Waals surface area contributed by atoms with Crippen molar-refractivity contribution >= 4 is 34.3 Å². The summed E-state index contributed by atoms with van der Waals surface area (Å²) >= 11 is 0. The lowest BCUT2D eigenvalue weighted by Crippen LogP contribution is -2.18. The zero-order valence-corrected chi connectivity index (χ0v) is 20.0. The van der Waals surface area contributed by atoms with Crippen LogP contribution in [-0.2, 0) is 29.7 Å². The van der Waals surface area contributed by atoms with Gasteiger partial charge in [-0.1, -0.05) is 30.3 Å². The molecule has 3 aromatic heterocycles. The first-order valence-electron chi connectivity index (χ1n) is 11.6. The molecule has 0 aliphatic heterocycles. The molecule has 4 aromatic rings. The van der Waals surface area contributed by atoms with Gasteiger partial charge in [0.1, 0.15) is 5.65 Å². The minimum Gasteiger partial charge on any atom is -0.464 e. The van der Waals surface area contributed by atoms with Gasteiger partial charge in [-0.2, -0.15) is 5.10 Å². The van der Waals surface area contributed by atoms with E-state index < -0.39 is 5.97 Å². The van der Waals surface area contributed by atoms with Crippen molar-refractivity contribution in [3.8, 4) is 0 Å². The molecule has 1 aromatic carbocycles. The topological polar surface area (TPSA) is 103 Å². The van der Waals surface area contributed by atoms with Gasteiger partial charge in [-0.25, -0.2) is 9.78 Å². The fourth-order valence-corrected chi connectivity index (χ4v) is 4.27. The van der Waals surface area contributed by atoms with Gasteiger partial charge in [-0.3, -0.25) is 9.48 Å². The molecule has 35 heavy (non-hydrogen) atoms. The van der Waals surface area contributed by atoms with Crippen molar-refractivity contribution in [2.24, 2.45) is 13.0 Å². The van der Waals surface area contributed by atoms with Crippen molar-refractivity contribution in [1.29, 1.82) is 0 Å². The molecule has 1 saturated carbocycles. The lowest BCUT2D eigenvalue weighted by Gasteiger charge is -2.11. The molecule has 1 aliphatic rings. The average Bonchev–Trinajstić information content (AvgIpc) is 3.61. The van der Waals surface area contributed by atoms with Gasteiger partial charge in [0.2, 0.25) is 5.91 Å². The summed E-state index contributed by atoms with van der Waals surface area (Å²) in [6.45, 7) is 2.96. The molecule has 0 spiro atoms. The minimum atomic E-state index is -0.523. The quantitative estimate of drug-likeness (QED) is 0.377. The highest BCUT2D eigenvalue weighted by Gasteiger charge is 2.33. The van der Waals surface area contributed by atoms with Crippen molar-refractivity contribution < 1.29 is 14.3 Å². The highest BCUT2D eigenvalue weighted by Crippen LogP contribution is 2.36. The number of pyridine rings is 1. The predicted molar refractivity (Wildman–Crippen MR) is 133 cm³/mol. The second-order valence-electron chi connectivity index (χ2n) is 8.91. The van der Waals surface area contributed by atoms with Gasteiger partial charge in [-0.05, 0) is 31.4 Å². The lowest BCUT2D eigenvalue weighted by molar-refractivity contribution is -0.117. The maximum Gasteiger partial charge on any atom is 0.356 e. The number of esters is 1. The summed E-state index contributed by atoms with van der Waals surface area (Å²) in [5, 5.41) is 11.5. The van der Waals surface area contributed by atoms with Gasteiger partial charge in [0.15, 0.2) is 5.69 Å². The number of amides is 1. The number of ether oxygens (including phenoxy) is 1. The number of rotatable bonds is 8. The summed E-state index contributed by atoms with van der Waals surface area (Å²) in [5.41, 5.74) is 5.13. The van der Waals surface area contributed by atoms with Crippen LogP contribution in [0.4, 0.5) is 11.4 Å². The standard InChI is InChI=1S/C26H28N6O3/c1-16-19(15-31(2)30-16)12-27-20-11-21-22(29-25(33)18-9-10-18)23(26(34)35-3)32(24(21)28-13-20)14-17-7-5-4-6-8-17/h4-8,11,13,15,18,27H,9-10,12,14H2,1-3H3,(H,29,33). The number of carbonyl (C=O) groups excluding carboxylic acids is 2. The molecule has 9 heteroatoms. The Morgan fingerprint density at radius 2 is 1.97 bits per heavy atom. The van der Waals surface area contributed by atoms with Crippen LogP contribution in [0.25, 0.3) is 11.0 Å². The van der Waals surface area contributed by atoms with E-state index in [2.05, 4.69) is 15.7 Å². The summed E-state index contributed by atoms with van der Waals surface area (Å²) in [5.74, 6) is -0.625. The van der Waals surface area contributed by atoms with E-state index in [0.717, 1.165) is 35.3 Å². The fraction of sp³-hybridized carbons (Fsp3) is 0.308. The molecular formula is C26H28N6O3. The SMILES string of the molecule is COC(=O)c1c(NC(=O)C2CC2)c2cc(NCc3cn(C)nc3C)cnc2n1Cc1ccccc1. The van der Waals surface area contributed by atoms with E-state index in [-0.39, 0.29) is 17.5 Å². The van der Waals surface area contributed by atoms with Crippen LogP contribution in [0.15, 0.2) is 48.8 Å². The third-order valence-corrected chi connectivity index (χ3v) is 6.26. The molecule has 1 fully saturated rings. The number of benzene rings is 1. The Hall–Kier alpha value is -4.14. The molecule has 0 atom stereocenters. The maximum absolute atomic E-state index is 13.0. The Labute approximate surface area is 203 Å². The van der Waals surface area contributed by atoms with E-state index in [1.807, 2.05) is 61.1 Å². The summed E-state index contributed by atoms with van der Waals surface area (Å²) < 4.78 is 8.73. The lowest BCUT2D eigenvalue weighted by atomic mass is 10.2. The first-order valence-corrected chi connectivity index (χ1v) is 11.6. The predicted octanol–water partition coefficient (Wildman–Crippen LogP) is 3.87. The van der Waals surface area contributed by atoms with E-state index in [4.69, 9.17) is 9.72 Å². The minimum absolute atomic E-state index is 0.0177. The van der Waals surface area contributed by atoms with Crippen molar-refractivity contribution in [2.45, 2.75) is 32.9 Å². The Bertz CT molecular complexity index is 1400. The molecule has 0 unspecified atom stereocenters. The van der Waals surface area contributed by atoms with Crippen LogP contribution in [0, 0.1) is 12.8 Å². The zero-order chi connectivity index (χ0) is 24.5. The van der Waals surface area contributed by atoms with E-state index in [9.17, 15) is 9.59 Å². The van der Waals surface area contributed by atoms with Crippen LogP contribution < -0.4 is 10.6 Å². The number of methoxy groups -OCH3 is 1. The van der Waals surface area contributed by atoms with Crippen LogP contribution in [0.5, 0.6) is 0 Å². The van der Waals surface area contributed by atoms with Crippen LogP contribution in [-0.4, -0.2) is 38.3 Å². The number of carbonyl (C=O) groups is 2. The van der Waals surface area contributed by atoms with Crippen molar-refractivity contribution in [3.05, 3.63) is 71.3 Å². The zero-order valence-electron chi connectivity index (χ0n) is 20.0. The Balaban J connectivity index is 1.58. The smallest absolute Gasteiger partial charge is 0.356 e.